The zero-order valence-electron chi connectivity index (χ0n) is 18.6. The van der Waals surface area contributed by atoms with Crippen LogP contribution < -0.4 is 15.0 Å². The number of nitriles is 1. The fourth-order valence-electron chi connectivity index (χ4n) is 3.56. The molecule has 1 unspecified atom stereocenters. The lowest BCUT2D eigenvalue weighted by Gasteiger charge is -2.23. The highest BCUT2D eigenvalue weighted by Gasteiger charge is 2.20. The maximum Gasteiger partial charge on any atom is 0.227 e. The molecule has 0 saturated heterocycles. The molecule has 1 atom stereocenters. The van der Waals surface area contributed by atoms with Gasteiger partial charge in [0.2, 0.25) is 11.8 Å². The van der Waals surface area contributed by atoms with Gasteiger partial charge in [-0.3, -0.25) is 9.59 Å². The molecule has 3 rings (SSSR count). The summed E-state index contributed by atoms with van der Waals surface area (Å²) < 4.78 is 5.24. The van der Waals surface area contributed by atoms with Crippen LogP contribution in [-0.2, 0) is 9.59 Å². The van der Waals surface area contributed by atoms with E-state index in [1.165, 1.54) is 0 Å². The number of hydrogen-bond donors (Lipinski definition) is 1. The summed E-state index contributed by atoms with van der Waals surface area (Å²) in [5.74, 6) is 0.328. The molecule has 0 aromatic heterocycles. The summed E-state index contributed by atoms with van der Waals surface area (Å²) in [6, 6.07) is 28.2. The van der Waals surface area contributed by atoms with E-state index in [-0.39, 0.29) is 37.1 Å². The van der Waals surface area contributed by atoms with Crippen molar-refractivity contribution in [3.8, 4) is 11.8 Å². The van der Waals surface area contributed by atoms with Crippen molar-refractivity contribution in [2.75, 3.05) is 18.6 Å². The first-order valence-corrected chi connectivity index (χ1v) is 10.8. The van der Waals surface area contributed by atoms with Crippen LogP contribution in [0.4, 0.5) is 5.69 Å². The number of ether oxygens (including phenoxy) is 1. The quantitative estimate of drug-likeness (QED) is 0.497. The van der Waals surface area contributed by atoms with E-state index >= 15 is 0 Å². The number of hydrogen-bond acceptors (Lipinski definition) is 4. The maximum absolute atomic E-state index is 12.9. The second kappa shape index (κ2) is 12.1. The minimum Gasteiger partial charge on any atom is -0.497 e. The van der Waals surface area contributed by atoms with Crippen LogP contribution >= 0.6 is 0 Å². The molecule has 3 aromatic carbocycles. The number of methoxy groups -OCH3 is 1. The molecule has 0 spiro atoms. The summed E-state index contributed by atoms with van der Waals surface area (Å²) >= 11 is 0. The van der Waals surface area contributed by atoms with E-state index in [0.29, 0.717) is 6.54 Å². The van der Waals surface area contributed by atoms with E-state index in [9.17, 15) is 9.59 Å². The van der Waals surface area contributed by atoms with Crippen LogP contribution in [-0.4, -0.2) is 25.5 Å². The Morgan fingerprint density at radius 1 is 0.909 bits per heavy atom. The van der Waals surface area contributed by atoms with Gasteiger partial charge in [0.25, 0.3) is 0 Å². The predicted octanol–water partition coefficient (Wildman–Crippen LogP) is 4.63. The van der Waals surface area contributed by atoms with Gasteiger partial charge in [0.05, 0.1) is 25.6 Å². The third-order valence-corrected chi connectivity index (χ3v) is 5.27. The highest BCUT2D eigenvalue weighted by atomic mass is 16.5. The van der Waals surface area contributed by atoms with Gasteiger partial charge in [-0.25, -0.2) is 0 Å². The first-order chi connectivity index (χ1) is 16.1. The summed E-state index contributed by atoms with van der Waals surface area (Å²) in [5.41, 5.74) is 2.59. The molecule has 0 aliphatic heterocycles. The van der Waals surface area contributed by atoms with Crippen molar-refractivity contribution >= 4 is 17.5 Å². The Hall–Kier alpha value is -4.11. The highest BCUT2D eigenvalue weighted by molar-refractivity contribution is 5.95. The molecule has 0 heterocycles. The molecule has 0 radical (unpaired) electrons. The second-order valence-electron chi connectivity index (χ2n) is 7.47. The molecule has 0 saturated carbocycles. The topological polar surface area (TPSA) is 82.4 Å². The van der Waals surface area contributed by atoms with Crippen LogP contribution in [0.15, 0.2) is 84.9 Å². The number of carbonyl (C=O) groups excluding carboxylic acids is 2. The first-order valence-electron chi connectivity index (χ1n) is 10.8. The largest absolute Gasteiger partial charge is 0.497 e. The van der Waals surface area contributed by atoms with Crippen LogP contribution in [0.1, 0.15) is 36.4 Å². The Labute approximate surface area is 194 Å². The summed E-state index contributed by atoms with van der Waals surface area (Å²) in [6.07, 6.45) is 0.324. The number of carbonyl (C=O) groups is 2. The van der Waals surface area contributed by atoms with E-state index in [0.717, 1.165) is 22.6 Å². The molecule has 1 N–H and O–H groups in total. The molecule has 33 heavy (non-hydrogen) atoms. The molecule has 0 bridgehead atoms. The number of anilines is 1. The fraction of sp³-hybridized carbons (Fsp3) is 0.222. The molecule has 0 aliphatic rings. The lowest BCUT2D eigenvalue weighted by Crippen LogP contribution is -2.34. The Morgan fingerprint density at radius 2 is 1.52 bits per heavy atom. The monoisotopic (exact) mass is 441 g/mol. The zero-order chi connectivity index (χ0) is 23.5. The first kappa shape index (κ1) is 23.6. The van der Waals surface area contributed by atoms with Crippen molar-refractivity contribution in [2.45, 2.75) is 25.3 Å². The Morgan fingerprint density at radius 3 is 2.12 bits per heavy atom. The number of rotatable bonds is 10. The average molecular weight is 442 g/mol. The Bertz CT molecular complexity index is 1080. The van der Waals surface area contributed by atoms with Gasteiger partial charge >= 0.3 is 0 Å². The summed E-state index contributed by atoms with van der Waals surface area (Å²) in [5, 5.41) is 12.0. The van der Waals surface area contributed by atoms with E-state index in [1.54, 1.807) is 12.0 Å². The van der Waals surface area contributed by atoms with Gasteiger partial charge in [0, 0.05) is 25.1 Å². The van der Waals surface area contributed by atoms with E-state index in [1.807, 2.05) is 84.9 Å². The van der Waals surface area contributed by atoms with Gasteiger partial charge < -0.3 is 15.0 Å². The van der Waals surface area contributed by atoms with E-state index in [2.05, 4.69) is 11.4 Å². The molecule has 3 aromatic rings. The second-order valence-corrected chi connectivity index (χ2v) is 7.47. The predicted molar refractivity (Wildman–Crippen MR) is 128 cm³/mol. The number of para-hydroxylation sites is 1. The van der Waals surface area contributed by atoms with Crippen molar-refractivity contribution in [2.24, 2.45) is 0 Å². The lowest BCUT2D eigenvalue weighted by atomic mass is 9.98. The van der Waals surface area contributed by atoms with Crippen molar-refractivity contribution < 1.29 is 14.3 Å². The minimum atomic E-state index is -0.344. The Balaban J connectivity index is 1.69. The van der Waals surface area contributed by atoms with E-state index < -0.39 is 0 Å². The Kier molecular flexibility index (Phi) is 8.61. The van der Waals surface area contributed by atoms with Crippen LogP contribution in [0.2, 0.25) is 0 Å². The standard InChI is InChI=1S/C27H27N3O3/c1-33-24-15-13-22(14-16-24)27(21-9-4-2-5-10-21)29-25(31)17-18-26(32)30(20-8-19-28)23-11-6-3-7-12-23/h2-7,9-16,27H,8,17-18,20H2,1H3,(H,29,31). The number of nitrogens with zero attached hydrogens (tertiary/aromatic N) is 2. The third kappa shape index (κ3) is 6.68. The molecule has 0 fully saturated rings. The van der Waals surface area contributed by atoms with Gasteiger partial charge in [0.15, 0.2) is 0 Å². The number of amides is 2. The van der Waals surface area contributed by atoms with Crippen LogP contribution in [0.3, 0.4) is 0 Å². The molecule has 6 heteroatoms. The number of benzene rings is 3. The normalized spacial score (nSPS) is 11.2. The van der Waals surface area contributed by atoms with E-state index in [4.69, 9.17) is 10.00 Å². The smallest absolute Gasteiger partial charge is 0.227 e. The van der Waals surface area contributed by atoms with Crippen molar-refractivity contribution in [3.05, 3.63) is 96.1 Å². The van der Waals surface area contributed by atoms with Crippen LogP contribution in [0, 0.1) is 11.3 Å². The summed E-state index contributed by atoms with van der Waals surface area (Å²) in [6.45, 7) is 0.291. The van der Waals surface area contributed by atoms with Crippen LogP contribution in [0.25, 0.3) is 0 Å². The van der Waals surface area contributed by atoms with Gasteiger partial charge in [-0.1, -0.05) is 60.7 Å². The molecule has 168 valence electrons. The molecule has 0 aliphatic carbocycles. The van der Waals surface area contributed by atoms with Crippen LogP contribution in [0.5, 0.6) is 5.75 Å². The fourth-order valence-corrected chi connectivity index (χ4v) is 3.56. The maximum atomic E-state index is 12.9. The summed E-state index contributed by atoms with van der Waals surface area (Å²) in [7, 11) is 1.61. The van der Waals surface area contributed by atoms with Gasteiger partial charge in [0.1, 0.15) is 5.75 Å². The molecule has 6 nitrogen and oxygen atoms in total. The zero-order valence-corrected chi connectivity index (χ0v) is 18.6. The molecular formula is C27H27N3O3. The van der Waals surface area contributed by atoms with Crippen molar-refractivity contribution in [1.29, 1.82) is 5.26 Å². The minimum absolute atomic E-state index is 0.0498. The molecular weight excluding hydrogens is 414 g/mol. The summed E-state index contributed by atoms with van der Waals surface area (Å²) in [4.78, 5) is 27.3. The average Bonchev–Trinajstić information content (AvgIpc) is 2.87. The van der Waals surface area contributed by atoms with Gasteiger partial charge in [-0.15, -0.1) is 0 Å². The molecule has 2 amide bonds. The lowest BCUT2D eigenvalue weighted by molar-refractivity contribution is -0.125. The van der Waals surface area contributed by atoms with Crippen molar-refractivity contribution in [3.63, 3.8) is 0 Å². The van der Waals surface area contributed by atoms with Crippen molar-refractivity contribution in [1.82, 2.24) is 5.32 Å². The SMILES string of the molecule is COc1ccc(C(NC(=O)CCC(=O)N(CCC#N)c2ccccc2)c2ccccc2)cc1. The highest BCUT2D eigenvalue weighted by Crippen LogP contribution is 2.24. The number of nitrogens with one attached hydrogen (secondary N) is 1. The third-order valence-electron chi connectivity index (χ3n) is 5.27. The van der Waals surface area contributed by atoms with Gasteiger partial charge in [-0.2, -0.15) is 5.26 Å². The van der Waals surface area contributed by atoms with Gasteiger partial charge in [-0.05, 0) is 35.4 Å².